The summed E-state index contributed by atoms with van der Waals surface area (Å²) < 4.78 is 1.23. The van der Waals surface area contributed by atoms with Gasteiger partial charge >= 0.3 is 0 Å². The number of thiazole rings is 1. The van der Waals surface area contributed by atoms with Crippen LogP contribution in [0.3, 0.4) is 0 Å². The fourth-order valence-corrected chi connectivity index (χ4v) is 2.76. The zero-order valence-electron chi connectivity index (χ0n) is 8.84. The quantitative estimate of drug-likeness (QED) is 0.632. The number of aryl methyl sites for hydroxylation is 1. The van der Waals surface area contributed by atoms with E-state index >= 15 is 0 Å². The van der Waals surface area contributed by atoms with Gasteiger partial charge in [0.25, 0.3) is 0 Å². The Kier molecular flexibility index (Phi) is 2.18. The van der Waals surface area contributed by atoms with Crippen molar-refractivity contribution in [3.8, 4) is 10.6 Å². The molecule has 0 saturated carbocycles. The van der Waals surface area contributed by atoms with E-state index in [9.17, 15) is 0 Å². The second-order valence-corrected chi connectivity index (χ2v) is 4.71. The van der Waals surface area contributed by atoms with Gasteiger partial charge < -0.3 is 0 Å². The van der Waals surface area contributed by atoms with Crippen molar-refractivity contribution < 1.29 is 0 Å². The molecule has 2 heterocycles. The molecule has 0 fully saturated rings. The highest BCUT2D eigenvalue weighted by molar-refractivity contribution is 7.21. The lowest BCUT2D eigenvalue weighted by molar-refractivity contribution is 1.26. The Morgan fingerprint density at radius 2 is 2.00 bits per heavy atom. The molecule has 0 aliphatic carbocycles. The number of fused-ring (bicyclic) bond motifs is 1. The molecule has 0 N–H and O–H groups in total. The third kappa shape index (κ3) is 1.49. The van der Waals surface area contributed by atoms with Gasteiger partial charge in [0.05, 0.1) is 10.2 Å². The van der Waals surface area contributed by atoms with Gasteiger partial charge in [-0.1, -0.05) is 12.1 Å². The molecule has 0 bridgehead atoms. The van der Waals surface area contributed by atoms with E-state index in [4.69, 9.17) is 0 Å². The monoisotopic (exact) mass is 226 g/mol. The number of hydrogen-bond acceptors (Lipinski definition) is 3. The molecule has 0 amide bonds. The number of para-hydroxylation sites is 1. The summed E-state index contributed by atoms with van der Waals surface area (Å²) in [5.74, 6) is 0. The fourth-order valence-electron chi connectivity index (χ4n) is 1.70. The van der Waals surface area contributed by atoms with Crippen LogP contribution in [0.1, 0.15) is 5.56 Å². The summed E-state index contributed by atoms with van der Waals surface area (Å²) in [5, 5.41) is 1.07. The van der Waals surface area contributed by atoms with E-state index in [1.807, 2.05) is 36.7 Å². The molecule has 0 radical (unpaired) electrons. The van der Waals surface area contributed by atoms with Crippen LogP contribution >= 0.6 is 11.3 Å². The maximum atomic E-state index is 4.63. The highest BCUT2D eigenvalue weighted by Gasteiger charge is 2.07. The minimum atomic E-state index is 1.07. The van der Waals surface area contributed by atoms with Crippen LogP contribution in [0.2, 0.25) is 0 Å². The molecule has 78 valence electrons. The number of aromatic nitrogens is 2. The van der Waals surface area contributed by atoms with Crippen molar-refractivity contribution in [1.82, 2.24) is 9.97 Å². The second kappa shape index (κ2) is 3.68. The Morgan fingerprint density at radius 1 is 1.12 bits per heavy atom. The summed E-state index contributed by atoms with van der Waals surface area (Å²) >= 11 is 1.73. The van der Waals surface area contributed by atoms with Gasteiger partial charge in [-0.25, -0.2) is 4.98 Å². The van der Waals surface area contributed by atoms with Crippen LogP contribution in [0.25, 0.3) is 20.8 Å². The maximum absolute atomic E-state index is 4.63. The summed E-state index contributed by atoms with van der Waals surface area (Å²) in [6.45, 7) is 2.06. The van der Waals surface area contributed by atoms with Crippen LogP contribution < -0.4 is 0 Å². The third-order valence-electron chi connectivity index (χ3n) is 2.54. The van der Waals surface area contributed by atoms with E-state index in [2.05, 4.69) is 23.0 Å². The van der Waals surface area contributed by atoms with E-state index in [-0.39, 0.29) is 0 Å². The molecule has 3 rings (SSSR count). The summed E-state index contributed by atoms with van der Waals surface area (Å²) in [7, 11) is 0. The van der Waals surface area contributed by atoms with Crippen molar-refractivity contribution in [2.45, 2.75) is 6.92 Å². The minimum Gasteiger partial charge on any atom is -0.264 e. The highest BCUT2D eigenvalue weighted by Crippen LogP contribution is 2.31. The second-order valence-electron chi connectivity index (χ2n) is 3.68. The first-order valence-corrected chi connectivity index (χ1v) is 5.93. The molecule has 3 heteroatoms. The molecule has 0 atom stereocenters. The Morgan fingerprint density at radius 3 is 2.81 bits per heavy atom. The van der Waals surface area contributed by atoms with Crippen molar-refractivity contribution >= 4 is 21.6 Å². The number of hydrogen-bond donors (Lipinski definition) is 0. The normalized spacial score (nSPS) is 10.8. The molecule has 0 saturated heterocycles. The molecular weight excluding hydrogens is 216 g/mol. The zero-order chi connectivity index (χ0) is 11.0. The third-order valence-corrected chi connectivity index (χ3v) is 3.61. The van der Waals surface area contributed by atoms with Gasteiger partial charge in [0, 0.05) is 18.0 Å². The van der Waals surface area contributed by atoms with Crippen LogP contribution in [0.4, 0.5) is 0 Å². The Hall–Kier alpha value is -1.74. The largest absolute Gasteiger partial charge is 0.264 e. The Balaban J connectivity index is 2.23. The molecule has 2 nitrogen and oxygen atoms in total. The van der Waals surface area contributed by atoms with Gasteiger partial charge in [-0.2, -0.15) is 0 Å². The van der Waals surface area contributed by atoms with Crippen molar-refractivity contribution in [2.24, 2.45) is 0 Å². The Labute approximate surface area is 97.6 Å². The molecule has 0 aliphatic heterocycles. The SMILES string of the molecule is Cc1cnccc1-c1nc2ccccc2s1. The van der Waals surface area contributed by atoms with Crippen molar-refractivity contribution in [3.63, 3.8) is 0 Å². The van der Waals surface area contributed by atoms with E-state index in [0.29, 0.717) is 0 Å². The van der Waals surface area contributed by atoms with Crippen molar-refractivity contribution in [2.75, 3.05) is 0 Å². The maximum Gasteiger partial charge on any atom is 0.124 e. The molecule has 0 aliphatic rings. The van der Waals surface area contributed by atoms with E-state index < -0.39 is 0 Å². The molecule has 1 aromatic carbocycles. The summed E-state index contributed by atoms with van der Waals surface area (Å²) in [4.78, 5) is 8.74. The van der Waals surface area contributed by atoms with E-state index in [0.717, 1.165) is 10.5 Å². The lowest BCUT2D eigenvalue weighted by Gasteiger charge is -1.98. The van der Waals surface area contributed by atoms with Crippen molar-refractivity contribution in [3.05, 3.63) is 48.3 Å². The number of rotatable bonds is 1. The number of benzene rings is 1. The first-order valence-electron chi connectivity index (χ1n) is 5.11. The molecular formula is C13H10N2S. The van der Waals surface area contributed by atoms with Crippen LogP contribution in [-0.2, 0) is 0 Å². The summed E-state index contributed by atoms with van der Waals surface area (Å²) in [6, 6.07) is 10.2. The average Bonchev–Trinajstić information content (AvgIpc) is 2.73. The van der Waals surface area contributed by atoms with Gasteiger partial charge in [-0.3, -0.25) is 4.98 Å². The predicted octanol–water partition coefficient (Wildman–Crippen LogP) is 3.67. The van der Waals surface area contributed by atoms with E-state index in [1.165, 1.54) is 15.8 Å². The zero-order valence-corrected chi connectivity index (χ0v) is 9.66. The predicted molar refractivity (Wildman–Crippen MR) is 67.6 cm³/mol. The molecule has 0 unspecified atom stereocenters. The average molecular weight is 226 g/mol. The molecule has 2 aromatic heterocycles. The van der Waals surface area contributed by atoms with Gasteiger partial charge in [-0.15, -0.1) is 11.3 Å². The first-order chi connectivity index (χ1) is 7.84. The molecule has 16 heavy (non-hydrogen) atoms. The van der Waals surface area contributed by atoms with Crippen LogP contribution in [-0.4, -0.2) is 9.97 Å². The van der Waals surface area contributed by atoms with E-state index in [1.54, 1.807) is 11.3 Å². The van der Waals surface area contributed by atoms with Gasteiger partial charge in [0.2, 0.25) is 0 Å². The van der Waals surface area contributed by atoms with Gasteiger partial charge in [0.1, 0.15) is 5.01 Å². The minimum absolute atomic E-state index is 1.07. The number of pyridine rings is 1. The lowest BCUT2D eigenvalue weighted by atomic mass is 10.2. The first kappa shape index (κ1) is 9.48. The van der Waals surface area contributed by atoms with Crippen LogP contribution in [0, 0.1) is 6.92 Å². The Bertz CT molecular complexity index is 610. The lowest BCUT2D eigenvalue weighted by Crippen LogP contribution is -1.82. The van der Waals surface area contributed by atoms with Crippen LogP contribution in [0.15, 0.2) is 42.7 Å². The summed E-state index contributed by atoms with van der Waals surface area (Å²) in [5.41, 5.74) is 3.41. The van der Waals surface area contributed by atoms with Crippen LogP contribution in [0.5, 0.6) is 0 Å². The number of nitrogens with zero attached hydrogens (tertiary/aromatic N) is 2. The highest BCUT2D eigenvalue weighted by atomic mass is 32.1. The van der Waals surface area contributed by atoms with Gasteiger partial charge in [0.15, 0.2) is 0 Å². The summed E-state index contributed by atoms with van der Waals surface area (Å²) in [6.07, 6.45) is 3.69. The molecule has 3 aromatic rings. The topological polar surface area (TPSA) is 25.8 Å². The fraction of sp³-hybridized carbons (Fsp3) is 0.0769. The van der Waals surface area contributed by atoms with Gasteiger partial charge in [-0.05, 0) is 30.7 Å². The standard InChI is InChI=1S/C13H10N2S/c1-9-8-14-7-6-10(9)13-15-11-4-2-3-5-12(11)16-13/h2-8H,1H3. The molecule has 0 spiro atoms. The smallest absolute Gasteiger partial charge is 0.124 e. The van der Waals surface area contributed by atoms with Crippen molar-refractivity contribution in [1.29, 1.82) is 0 Å².